The van der Waals surface area contributed by atoms with Crippen molar-refractivity contribution in [3.05, 3.63) is 65.7 Å². The van der Waals surface area contributed by atoms with Gasteiger partial charge in [-0.3, -0.25) is 9.69 Å². The maximum atomic E-state index is 12.6. The highest BCUT2D eigenvalue weighted by molar-refractivity contribution is 7.88. The van der Waals surface area contributed by atoms with Gasteiger partial charge in [-0.1, -0.05) is 49.4 Å². The first-order valence-electron chi connectivity index (χ1n) is 9.59. The number of anilines is 1. The van der Waals surface area contributed by atoms with Crippen molar-refractivity contribution in [1.82, 2.24) is 9.21 Å². The number of benzene rings is 2. The van der Waals surface area contributed by atoms with Gasteiger partial charge >= 0.3 is 0 Å². The molecule has 1 N–H and O–H groups in total. The summed E-state index contributed by atoms with van der Waals surface area (Å²) in [5.74, 6) is -0.0592. The molecule has 7 heteroatoms. The minimum Gasteiger partial charge on any atom is -0.325 e. The molecule has 2 aromatic rings. The number of nitrogens with one attached hydrogen (secondary N) is 1. The maximum absolute atomic E-state index is 12.6. The maximum Gasteiger partial charge on any atom is 0.238 e. The smallest absolute Gasteiger partial charge is 0.238 e. The van der Waals surface area contributed by atoms with Crippen LogP contribution in [0.4, 0.5) is 5.69 Å². The molecule has 0 aromatic heterocycles. The Morgan fingerprint density at radius 1 is 0.964 bits per heavy atom. The summed E-state index contributed by atoms with van der Waals surface area (Å²) in [6, 6.07) is 17.0. The zero-order valence-electron chi connectivity index (χ0n) is 16.2. The number of aryl methyl sites for hydroxylation is 1. The molecule has 1 aliphatic heterocycles. The van der Waals surface area contributed by atoms with Crippen LogP contribution in [0.15, 0.2) is 54.6 Å². The molecule has 28 heavy (non-hydrogen) atoms. The van der Waals surface area contributed by atoms with Crippen LogP contribution in [0.1, 0.15) is 18.1 Å². The van der Waals surface area contributed by atoms with Crippen LogP contribution < -0.4 is 5.32 Å². The van der Waals surface area contributed by atoms with Gasteiger partial charge in [-0.2, -0.15) is 4.31 Å². The molecule has 0 unspecified atom stereocenters. The Morgan fingerprint density at radius 3 is 2.32 bits per heavy atom. The third-order valence-corrected chi connectivity index (χ3v) is 6.75. The van der Waals surface area contributed by atoms with Gasteiger partial charge in [0.25, 0.3) is 0 Å². The first kappa shape index (κ1) is 20.5. The van der Waals surface area contributed by atoms with Gasteiger partial charge in [0.2, 0.25) is 15.9 Å². The molecule has 3 rings (SSSR count). The number of amides is 1. The molecule has 6 nitrogen and oxygen atoms in total. The van der Waals surface area contributed by atoms with E-state index in [-0.39, 0.29) is 18.2 Å². The molecular formula is C21H27N3O3S. The fourth-order valence-electron chi connectivity index (χ4n) is 3.31. The number of piperazine rings is 1. The summed E-state index contributed by atoms with van der Waals surface area (Å²) < 4.78 is 26.8. The summed E-state index contributed by atoms with van der Waals surface area (Å²) in [5, 5.41) is 2.93. The lowest BCUT2D eigenvalue weighted by Gasteiger charge is -2.33. The first-order valence-corrected chi connectivity index (χ1v) is 11.2. The lowest BCUT2D eigenvalue weighted by molar-refractivity contribution is -0.117. The first-order chi connectivity index (χ1) is 13.5. The van der Waals surface area contributed by atoms with Crippen molar-refractivity contribution >= 4 is 21.6 Å². The van der Waals surface area contributed by atoms with Crippen molar-refractivity contribution in [2.45, 2.75) is 19.1 Å². The second-order valence-corrected chi connectivity index (χ2v) is 8.99. The summed E-state index contributed by atoms with van der Waals surface area (Å²) in [5.41, 5.74) is 2.77. The minimum absolute atomic E-state index is 0.0160. The molecule has 150 valence electrons. The van der Waals surface area contributed by atoms with Gasteiger partial charge in [0.05, 0.1) is 12.3 Å². The van der Waals surface area contributed by atoms with Crippen LogP contribution in [0.25, 0.3) is 0 Å². The average molecular weight is 402 g/mol. The highest BCUT2D eigenvalue weighted by Crippen LogP contribution is 2.14. The van der Waals surface area contributed by atoms with Crippen LogP contribution in [0, 0.1) is 0 Å². The molecule has 1 heterocycles. The van der Waals surface area contributed by atoms with E-state index in [0.717, 1.165) is 17.7 Å². The van der Waals surface area contributed by atoms with Crippen LogP contribution >= 0.6 is 0 Å². The van der Waals surface area contributed by atoms with Gasteiger partial charge in [-0.15, -0.1) is 0 Å². The van der Waals surface area contributed by atoms with Crippen molar-refractivity contribution in [2.75, 3.05) is 38.0 Å². The van der Waals surface area contributed by atoms with Crippen LogP contribution in [0.2, 0.25) is 0 Å². The average Bonchev–Trinajstić information content (AvgIpc) is 2.69. The Bertz CT molecular complexity index is 892. The van der Waals surface area contributed by atoms with Crippen molar-refractivity contribution in [2.24, 2.45) is 0 Å². The van der Waals surface area contributed by atoms with Crippen LogP contribution in [0.3, 0.4) is 0 Å². The van der Waals surface area contributed by atoms with Crippen LogP contribution in [0.5, 0.6) is 0 Å². The quantitative estimate of drug-likeness (QED) is 0.773. The SMILES string of the molecule is CCc1cccc(NC(=O)CN2CCN(S(=O)(=O)Cc3ccccc3)CC2)c1. The molecule has 1 aliphatic rings. The van der Waals surface area contributed by atoms with Crippen LogP contribution in [-0.4, -0.2) is 56.3 Å². The molecule has 0 spiro atoms. The number of rotatable bonds is 7. The van der Waals surface area contributed by atoms with Crippen molar-refractivity contribution < 1.29 is 13.2 Å². The molecule has 2 aromatic carbocycles. The number of hydrogen-bond acceptors (Lipinski definition) is 4. The van der Waals surface area contributed by atoms with Gasteiger partial charge in [0.15, 0.2) is 0 Å². The summed E-state index contributed by atoms with van der Waals surface area (Å²) >= 11 is 0. The molecule has 1 fully saturated rings. The monoisotopic (exact) mass is 401 g/mol. The van der Waals surface area contributed by atoms with Crippen molar-refractivity contribution in [3.63, 3.8) is 0 Å². The van der Waals surface area contributed by atoms with Crippen molar-refractivity contribution in [3.8, 4) is 0 Å². The van der Waals surface area contributed by atoms with E-state index in [9.17, 15) is 13.2 Å². The molecule has 0 aliphatic carbocycles. The number of nitrogens with zero attached hydrogens (tertiary/aromatic N) is 2. The van der Waals surface area contributed by atoms with E-state index in [1.165, 1.54) is 9.87 Å². The molecule has 0 saturated carbocycles. The Hall–Kier alpha value is -2.22. The third kappa shape index (κ3) is 5.64. The van der Waals surface area contributed by atoms with E-state index in [0.29, 0.717) is 26.2 Å². The van der Waals surface area contributed by atoms with Gasteiger partial charge in [0.1, 0.15) is 0 Å². The lowest BCUT2D eigenvalue weighted by atomic mass is 10.1. The fourth-order valence-corrected chi connectivity index (χ4v) is 4.83. The van der Waals surface area contributed by atoms with E-state index >= 15 is 0 Å². The fraction of sp³-hybridized carbons (Fsp3) is 0.381. The Kier molecular flexibility index (Phi) is 6.83. The topological polar surface area (TPSA) is 69.7 Å². The standard InChI is InChI=1S/C21H27N3O3S/c1-2-18-9-6-10-20(15-18)22-21(25)16-23-11-13-24(14-12-23)28(26,27)17-19-7-4-3-5-8-19/h3-10,15H,2,11-14,16-17H2,1H3,(H,22,25). The number of sulfonamides is 1. The second-order valence-electron chi connectivity index (χ2n) is 7.02. The van der Waals surface area contributed by atoms with E-state index in [4.69, 9.17) is 0 Å². The van der Waals surface area contributed by atoms with E-state index in [1.807, 2.05) is 59.5 Å². The molecular weight excluding hydrogens is 374 g/mol. The zero-order chi connectivity index (χ0) is 20.0. The Balaban J connectivity index is 1.48. The number of carbonyl (C=O) groups excluding carboxylic acids is 1. The largest absolute Gasteiger partial charge is 0.325 e. The normalized spacial score (nSPS) is 16.0. The summed E-state index contributed by atoms with van der Waals surface area (Å²) in [4.78, 5) is 14.3. The van der Waals surface area contributed by atoms with Gasteiger partial charge in [-0.05, 0) is 29.7 Å². The second kappa shape index (κ2) is 9.32. The zero-order valence-corrected chi connectivity index (χ0v) is 17.0. The third-order valence-electron chi connectivity index (χ3n) is 4.90. The van der Waals surface area contributed by atoms with E-state index in [1.54, 1.807) is 0 Å². The number of hydrogen-bond donors (Lipinski definition) is 1. The highest BCUT2D eigenvalue weighted by atomic mass is 32.2. The molecule has 0 radical (unpaired) electrons. The Morgan fingerprint density at radius 2 is 1.64 bits per heavy atom. The molecule has 0 atom stereocenters. The highest BCUT2D eigenvalue weighted by Gasteiger charge is 2.27. The van der Waals surface area contributed by atoms with Crippen molar-refractivity contribution in [1.29, 1.82) is 0 Å². The number of carbonyl (C=O) groups is 1. The predicted octanol–water partition coefficient (Wildman–Crippen LogP) is 2.34. The van der Waals surface area contributed by atoms with Crippen LogP contribution in [-0.2, 0) is 27.0 Å². The predicted molar refractivity (Wildman–Crippen MR) is 112 cm³/mol. The Labute approximate surface area is 167 Å². The van der Waals surface area contributed by atoms with E-state index < -0.39 is 10.0 Å². The molecule has 0 bridgehead atoms. The summed E-state index contributed by atoms with van der Waals surface area (Å²) in [6.07, 6.45) is 0.920. The molecule has 1 amide bonds. The lowest BCUT2D eigenvalue weighted by Crippen LogP contribution is -2.50. The van der Waals surface area contributed by atoms with Gasteiger partial charge in [0, 0.05) is 31.9 Å². The summed E-state index contributed by atoms with van der Waals surface area (Å²) in [7, 11) is -3.34. The minimum atomic E-state index is -3.34. The molecule has 1 saturated heterocycles. The van der Waals surface area contributed by atoms with Gasteiger partial charge < -0.3 is 5.32 Å². The van der Waals surface area contributed by atoms with Gasteiger partial charge in [-0.25, -0.2) is 8.42 Å². The summed E-state index contributed by atoms with van der Waals surface area (Å²) in [6.45, 7) is 4.27. The van der Waals surface area contributed by atoms with E-state index in [2.05, 4.69) is 12.2 Å².